The fourth-order valence-electron chi connectivity index (χ4n) is 4.05. The second-order valence-corrected chi connectivity index (χ2v) is 8.16. The molecule has 4 rings (SSSR count). The maximum absolute atomic E-state index is 14.7. The minimum Gasteiger partial charge on any atom is -0.464 e. The number of nitrogens with one attached hydrogen (secondary N) is 1. The molecular weight excluding hydrogens is 383 g/mol. The first kappa shape index (κ1) is 20.4. The van der Waals surface area contributed by atoms with Crippen LogP contribution in [0.4, 0.5) is 10.1 Å². The zero-order chi connectivity index (χ0) is 21.3. The molecule has 0 radical (unpaired) electrons. The van der Waals surface area contributed by atoms with Gasteiger partial charge in [-0.2, -0.15) is 0 Å². The maximum Gasteiger partial charge on any atom is 0.224 e. The third-order valence-corrected chi connectivity index (χ3v) is 5.42. The van der Waals surface area contributed by atoms with Crippen LogP contribution < -0.4 is 10.2 Å². The Hall–Kier alpha value is -2.86. The smallest absolute Gasteiger partial charge is 0.224 e. The van der Waals surface area contributed by atoms with Gasteiger partial charge in [-0.15, -0.1) is 0 Å². The molecule has 158 valence electrons. The minimum absolute atomic E-state index is 0.0648. The first-order chi connectivity index (χ1) is 14.4. The largest absolute Gasteiger partial charge is 0.464 e. The summed E-state index contributed by atoms with van der Waals surface area (Å²) < 4.78 is 26.0. The average Bonchev–Trinajstić information content (AvgIpc) is 3.07. The summed E-state index contributed by atoms with van der Waals surface area (Å²) in [6.07, 6.45) is 1.98. The zero-order valence-corrected chi connectivity index (χ0v) is 17.6. The van der Waals surface area contributed by atoms with Crippen molar-refractivity contribution < 1.29 is 18.3 Å². The van der Waals surface area contributed by atoms with Crippen molar-refractivity contribution in [2.45, 2.75) is 45.9 Å². The van der Waals surface area contributed by atoms with Crippen LogP contribution in [-0.4, -0.2) is 31.2 Å². The molecule has 2 aromatic carbocycles. The average molecular weight is 410 g/mol. The summed E-state index contributed by atoms with van der Waals surface area (Å²) in [6, 6.07) is 11.1. The first-order valence-electron chi connectivity index (χ1n) is 10.3. The number of anilines is 1. The summed E-state index contributed by atoms with van der Waals surface area (Å²) in [5.41, 5.74) is 4.04. The van der Waals surface area contributed by atoms with E-state index in [9.17, 15) is 9.18 Å². The van der Waals surface area contributed by atoms with Crippen molar-refractivity contribution in [2.75, 3.05) is 18.0 Å². The molecule has 1 saturated heterocycles. The van der Waals surface area contributed by atoms with E-state index in [1.165, 1.54) is 6.07 Å². The molecule has 6 heteroatoms. The van der Waals surface area contributed by atoms with Gasteiger partial charge in [-0.25, -0.2) is 4.39 Å². The fraction of sp³-hybridized carbons (Fsp3) is 0.375. The highest BCUT2D eigenvalue weighted by atomic mass is 19.1. The number of fused-ring (bicyclic) bond motifs is 1. The van der Waals surface area contributed by atoms with E-state index in [1.54, 1.807) is 12.3 Å². The molecule has 0 bridgehead atoms. The lowest BCUT2D eigenvalue weighted by Gasteiger charge is -2.37. The minimum atomic E-state index is -0.278. The van der Waals surface area contributed by atoms with Crippen molar-refractivity contribution in [3.05, 3.63) is 65.2 Å². The molecule has 5 nitrogen and oxygen atoms in total. The number of hydrogen-bond acceptors (Lipinski definition) is 4. The Labute approximate surface area is 175 Å². The summed E-state index contributed by atoms with van der Waals surface area (Å²) in [6.45, 7) is 7.59. The Morgan fingerprint density at radius 1 is 1.17 bits per heavy atom. The predicted octanol–water partition coefficient (Wildman–Crippen LogP) is 4.35. The number of hydrogen-bond donors (Lipinski definition) is 1. The molecule has 2 unspecified atom stereocenters. The van der Waals surface area contributed by atoms with Gasteiger partial charge in [0, 0.05) is 30.6 Å². The van der Waals surface area contributed by atoms with E-state index in [-0.39, 0.29) is 36.9 Å². The van der Waals surface area contributed by atoms with Crippen molar-refractivity contribution >= 4 is 22.6 Å². The number of halogens is 1. The van der Waals surface area contributed by atoms with Crippen LogP contribution in [0, 0.1) is 12.7 Å². The lowest BCUT2D eigenvalue weighted by Crippen LogP contribution is -2.45. The fourth-order valence-corrected chi connectivity index (χ4v) is 4.05. The quantitative estimate of drug-likeness (QED) is 0.679. The van der Waals surface area contributed by atoms with Crippen LogP contribution in [0.5, 0.6) is 0 Å². The highest BCUT2D eigenvalue weighted by Gasteiger charge is 2.24. The molecule has 1 aliphatic rings. The van der Waals surface area contributed by atoms with E-state index in [0.29, 0.717) is 18.8 Å². The normalized spacial score (nSPS) is 19.3. The lowest BCUT2D eigenvalue weighted by molar-refractivity contribution is -0.120. The zero-order valence-electron chi connectivity index (χ0n) is 17.6. The van der Waals surface area contributed by atoms with Crippen molar-refractivity contribution in [3.63, 3.8) is 0 Å². The molecule has 2 heterocycles. The third-order valence-electron chi connectivity index (χ3n) is 5.42. The highest BCUT2D eigenvalue weighted by Crippen LogP contribution is 2.25. The SMILES string of the molecule is Cc1ccc2c(CC(=O)NCc3ccc(N4CC(C)OC(C)C4)c(F)c3)coc2c1. The Kier molecular flexibility index (Phi) is 5.77. The van der Waals surface area contributed by atoms with Gasteiger partial charge in [-0.3, -0.25) is 4.79 Å². The molecule has 2 atom stereocenters. The van der Waals surface area contributed by atoms with Gasteiger partial charge in [0.05, 0.1) is 30.6 Å². The molecule has 1 fully saturated rings. The van der Waals surface area contributed by atoms with Crippen LogP contribution in [-0.2, 0) is 22.5 Å². The van der Waals surface area contributed by atoms with E-state index < -0.39 is 0 Å². The molecule has 1 amide bonds. The number of benzene rings is 2. The van der Waals surface area contributed by atoms with Crippen LogP contribution in [0.1, 0.15) is 30.5 Å². The lowest BCUT2D eigenvalue weighted by atomic mass is 10.1. The standard InChI is InChI=1S/C24H27FN2O3/c1-15-4-6-20-19(14-29-23(20)8-15)10-24(28)26-11-18-5-7-22(21(25)9-18)27-12-16(2)30-17(3)13-27/h4-9,14,16-17H,10-13H2,1-3H3,(H,26,28). The summed E-state index contributed by atoms with van der Waals surface area (Å²) >= 11 is 0. The monoisotopic (exact) mass is 410 g/mol. The van der Waals surface area contributed by atoms with Crippen LogP contribution in [0.2, 0.25) is 0 Å². The van der Waals surface area contributed by atoms with Crippen LogP contribution in [0.3, 0.4) is 0 Å². The van der Waals surface area contributed by atoms with Gasteiger partial charge < -0.3 is 19.4 Å². The van der Waals surface area contributed by atoms with Gasteiger partial charge in [0.25, 0.3) is 0 Å². The van der Waals surface area contributed by atoms with Gasteiger partial charge in [-0.05, 0) is 50.1 Å². The van der Waals surface area contributed by atoms with Crippen LogP contribution in [0.25, 0.3) is 11.0 Å². The number of furan rings is 1. The Balaban J connectivity index is 1.37. The number of ether oxygens (including phenoxy) is 1. The van der Waals surface area contributed by atoms with Crippen molar-refractivity contribution in [2.24, 2.45) is 0 Å². The topological polar surface area (TPSA) is 54.7 Å². The Morgan fingerprint density at radius 2 is 1.93 bits per heavy atom. The van der Waals surface area contributed by atoms with Gasteiger partial charge in [0.2, 0.25) is 5.91 Å². The van der Waals surface area contributed by atoms with Crippen molar-refractivity contribution in [3.8, 4) is 0 Å². The van der Waals surface area contributed by atoms with Crippen molar-refractivity contribution in [1.82, 2.24) is 5.32 Å². The molecule has 0 saturated carbocycles. The number of morpholine rings is 1. The van der Waals surface area contributed by atoms with Crippen LogP contribution >= 0.6 is 0 Å². The van der Waals surface area contributed by atoms with E-state index in [0.717, 1.165) is 27.7 Å². The van der Waals surface area contributed by atoms with Gasteiger partial charge in [-0.1, -0.05) is 18.2 Å². The van der Waals surface area contributed by atoms with Crippen LogP contribution in [0.15, 0.2) is 47.1 Å². The van der Waals surface area contributed by atoms with Crippen molar-refractivity contribution in [1.29, 1.82) is 0 Å². The molecule has 1 aromatic heterocycles. The maximum atomic E-state index is 14.7. The summed E-state index contributed by atoms with van der Waals surface area (Å²) in [5, 5.41) is 3.82. The van der Waals surface area contributed by atoms with Gasteiger partial charge in [0.15, 0.2) is 0 Å². The second kappa shape index (κ2) is 8.48. The summed E-state index contributed by atoms with van der Waals surface area (Å²) in [5.74, 6) is -0.405. The number of nitrogens with zero attached hydrogens (tertiary/aromatic N) is 1. The number of rotatable bonds is 5. The summed E-state index contributed by atoms with van der Waals surface area (Å²) in [4.78, 5) is 14.4. The van der Waals surface area contributed by atoms with E-state index in [4.69, 9.17) is 9.15 Å². The number of aryl methyl sites for hydroxylation is 1. The number of amides is 1. The highest BCUT2D eigenvalue weighted by molar-refractivity contribution is 5.87. The molecule has 0 spiro atoms. The molecule has 0 aliphatic carbocycles. The number of carbonyl (C=O) groups excluding carboxylic acids is 1. The third kappa shape index (κ3) is 4.49. The van der Waals surface area contributed by atoms with Gasteiger partial charge >= 0.3 is 0 Å². The molecular formula is C24H27FN2O3. The molecule has 1 N–H and O–H groups in total. The molecule has 3 aromatic rings. The van der Waals surface area contributed by atoms with E-state index in [2.05, 4.69) is 5.32 Å². The predicted molar refractivity (Wildman–Crippen MR) is 115 cm³/mol. The Bertz CT molecular complexity index is 1050. The number of carbonyl (C=O) groups is 1. The van der Waals surface area contributed by atoms with E-state index >= 15 is 0 Å². The molecule has 30 heavy (non-hydrogen) atoms. The Morgan fingerprint density at radius 3 is 2.67 bits per heavy atom. The van der Waals surface area contributed by atoms with Gasteiger partial charge in [0.1, 0.15) is 11.4 Å². The summed E-state index contributed by atoms with van der Waals surface area (Å²) in [7, 11) is 0. The first-order valence-corrected chi connectivity index (χ1v) is 10.3. The molecule has 1 aliphatic heterocycles. The van der Waals surface area contributed by atoms with E-state index in [1.807, 2.05) is 49.9 Å². The second-order valence-electron chi connectivity index (χ2n) is 8.16.